The first kappa shape index (κ1) is 18.1. The lowest BCUT2D eigenvalue weighted by molar-refractivity contribution is 0.0728. The fourth-order valence-electron chi connectivity index (χ4n) is 2.59. The molecule has 0 radical (unpaired) electrons. The number of ether oxygens (including phenoxy) is 1. The maximum absolute atomic E-state index is 13.2. The van der Waals surface area contributed by atoms with E-state index in [1.807, 2.05) is 36.4 Å². The Balaban J connectivity index is 1.92. The van der Waals surface area contributed by atoms with Gasteiger partial charge in [-0.2, -0.15) is 0 Å². The predicted molar refractivity (Wildman–Crippen MR) is 103 cm³/mol. The average Bonchev–Trinajstić information content (AvgIpc) is 2.69. The fourth-order valence-corrected chi connectivity index (χ4v) is 3.00. The molecule has 132 valence electrons. The Morgan fingerprint density at radius 2 is 1.81 bits per heavy atom. The number of amides is 1. The van der Waals surface area contributed by atoms with Gasteiger partial charge in [0.25, 0.3) is 5.91 Å². The molecule has 1 amide bonds. The number of carbonyl (C=O) groups is 1. The zero-order chi connectivity index (χ0) is 18.4. The molecule has 0 N–H and O–H groups in total. The quantitative estimate of drug-likeness (QED) is 0.612. The molecular formula is C20H18BrN3O2. The molecule has 0 aliphatic heterocycles. The van der Waals surface area contributed by atoms with Crippen LogP contribution in [0.4, 0.5) is 0 Å². The molecule has 0 fully saturated rings. The Kier molecular flexibility index (Phi) is 5.96. The molecule has 0 bridgehead atoms. The van der Waals surface area contributed by atoms with Crippen LogP contribution < -0.4 is 4.74 Å². The molecule has 0 saturated heterocycles. The van der Waals surface area contributed by atoms with Gasteiger partial charge in [0.2, 0.25) is 0 Å². The Bertz CT molecular complexity index is 831. The molecule has 0 atom stereocenters. The van der Waals surface area contributed by atoms with Crippen LogP contribution in [0, 0.1) is 0 Å². The second-order valence-electron chi connectivity index (χ2n) is 5.72. The first-order valence-corrected chi connectivity index (χ1v) is 8.87. The average molecular weight is 412 g/mol. The molecule has 2 aromatic heterocycles. The Hall–Kier alpha value is -2.73. The molecule has 1 aromatic carbocycles. The summed E-state index contributed by atoms with van der Waals surface area (Å²) in [5.41, 5.74) is 2.53. The van der Waals surface area contributed by atoms with E-state index in [-0.39, 0.29) is 5.91 Å². The second kappa shape index (κ2) is 8.58. The van der Waals surface area contributed by atoms with E-state index in [4.69, 9.17) is 4.74 Å². The van der Waals surface area contributed by atoms with Crippen LogP contribution >= 0.6 is 15.9 Å². The highest BCUT2D eigenvalue weighted by Gasteiger charge is 2.20. The summed E-state index contributed by atoms with van der Waals surface area (Å²) in [7, 11) is 1.59. The van der Waals surface area contributed by atoms with Gasteiger partial charge in [0, 0.05) is 42.3 Å². The second-order valence-corrected chi connectivity index (χ2v) is 6.58. The monoisotopic (exact) mass is 411 g/mol. The summed E-state index contributed by atoms with van der Waals surface area (Å²) in [6, 6.07) is 13.0. The summed E-state index contributed by atoms with van der Waals surface area (Å²) in [5.74, 6) is 0.554. The van der Waals surface area contributed by atoms with Crippen LogP contribution in [-0.2, 0) is 13.1 Å². The number of halogens is 1. The number of nitrogens with zero attached hydrogens (tertiary/aromatic N) is 3. The van der Waals surface area contributed by atoms with Crippen molar-refractivity contribution in [2.75, 3.05) is 7.11 Å². The van der Waals surface area contributed by atoms with Gasteiger partial charge >= 0.3 is 0 Å². The van der Waals surface area contributed by atoms with E-state index in [0.717, 1.165) is 15.6 Å². The van der Waals surface area contributed by atoms with Gasteiger partial charge in [-0.15, -0.1) is 0 Å². The van der Waals surface area contributed by atoms with E-state index in [1.165, 1.54) is 0 Å². The van der Waals surface area contributed by atoms with Crippen molar-refractivity contribution in [1.29, 1.82) is 0 Å². The van der Waals surface area contributed by atoms with E-state index in [2.05, 4.69) is 25.9 Å². The van der Waals surface area contributed by atoms with E-state index in [9.17, 15) is 4.79 Å². The number of aromatic nitrogens is 2. The topological polar surface area (TPSA) is 55.3 Å². The first-order chi connectivity index (χ1) is 12.7. The highest BCUT2D eigenvalue weighted by molar-refractivity contribution is 9.10. The molecule has 0 spiro atoms. The Morgan fingerprint density at radius 3 is 2.50 bits per heavy atom. The molecule has 0 saturated carbocycles. The number of hydrogen-bond acceptors (Lipinski definition) is 4. The molecule has 0 aliphatic carbocycles. The maximum Gasteiger partial charge on any atom is 0.255 e. The number of rotatable bonds is 6. The molecule has 26 heavy (non-hydrogen) atoms. The van der Waals surface area contributed by atoms with Crippen LogP contribution in [0.5, 0.6) is 5.75 Å². The van der Waals surface area contributed by atoms with Gasteiger partial charge in [0.15, 0.2) is 0 Å². The summed E-state index contributed by atoms with van der Waals surface area (Å²) >= 11 is 3.47. The molecular weight excluding hydrogens is 394 g/mol. The molecule has 3 aromatic rings. The lowest BCUT2D eigenvalue weighted by Gasteiger charge is -2.24. The normalized spacial score (nSPS) is 10.4. The van der Waals surface area contributed by atoms with Crippen molar-refractivity contribution in [3.63, 3.8) is 0 Å². The molecule has 5 nitrogen and oxygen atoms in total. The number of methoxy groups -OCH3 is 1. The minimum Gasteiger partial charge on any atom is -0.497 e. The van der Waals surface area contributed by atoms with Crippen molar-refractivity contribution < 1.29 is 9.53 Å². The van der Waals surface area contributed by atoms with Crippen LogP contribution in [0.3, 0.4) is 0 Å². The smallest absolute Gasteiger partial charge is 0.255 e. The summed E-state index contributed by atoms with van der Waals surface area (Å²) in [6.07, 6.45) is 6.94. The summed E-state index contributed by atoms with van der Waals surface area (Å²) in [5, 5.41) is 0. The number of hydrogen-bond donors (Lipinski definition) is 0. The Labute approximate surface area is 160 Å². The first-order valence-electron chi connectivity index (χ1n) is 8.08. The number of carbonyl (C=O) groups excluding carboxylic acids is 1. The van der Waals surface area contributed by atoms with E-state index >= 15 is 0 Å². The third-order valence-corrected chi connectivity index (χ3v) is 4.60. The fraction of sp³-hybridized carbons (Fsp3) is 0.150. The Morgan fingerprint density at radius 1 is 1.04 bits per heavy atom. The minimum absolute atomic E-state index is 0.0866. The van der Waals surface area contributed by atoms with Crippen LogP contribution in [0.25, 0.3) is 0 Å². The van der Waals surface area contributed by atoms with Gasteiger partial charge < -0.3 is 9.64 Å². The standard InChI is InChI=1S/C20H18BrN3O2/c1-26-17-4-5-19(21)18(11-17)20(25)24(13-15-6-9-22-10-7-15)14-16-3-2-8-23-12-16/h2-12H,13-14H2,1H3. The van der Waals surface area contributed by atoms with Gasteiger partial charge in [-0.1, -0.05) is 6.07 Å². The van der Waals surface area contributed by atoms with Crippen molar-refractivity contribution >= 4 is 21.8 Å². The predicted octanol–water partition coefficient (Wildman–Crippen LogP) is 4.09. The third-order valence-electron chi connectivity index (χ3n) is 3.91. The SMILES string of the molecule is COc1ccc(Br)c(C(=O)N(Cc2ccncc2)Cc2cccnc2)c1. The summed E-state index contributed by atoms with van der Waals surface area (Å²) < 4.78 is 6.00. The highest BCUT2D eigenvalue weighted by atomic mass is 79.9. The van der Waals surface area contributed by atoms with Crippen molar-refractivity contribution in [3.05, 3.63) is 88.4 Å². The highest BCUT2D eigenvalue weighted by Crippen LogP contribution is 2.25. The van der Waals surface area contributed by atoms with Crippen LogP contribution in [0.2, 0.25) is 0 Å². The van der Waals surface area contributed by atoms with E-state index in [1.54, 1.807) is 42.9 Å². The number of pyridine rings is 2. The van der Waals surface area contributed by atoms with Crippen LogP contribution in [-0.4, -0.2) is 27.9 Å². The van der Waals surface area contributed by atoms with Crippen molar-refractivity contribution in [2.24, 2.45) is 0 Å². The third kappa shape index (κ3) is 4.46. The minimum atomic E-state index is -0.0866. The van der Waals surface area contributed by atoms with Crippen LogP contribution in [0.15, 0.2) is 71.7 Å². The van der Waals surface area contributed by atoms with Crippen molar-refractivity contribution in [3.8, 4) is 5.75 Å². The van der Waals surface area contributed by atoms with Crippen LogP contribution in [0.1, 0.15) is 21.5 Å². The lowest BCUT2D eigenvalue weighted by atomic mass is 10.1. The maximum atomic E-state index is 13.2. The molecule has 2 heterocycles. The van der Waals surface area contributed by atoms with Gasteiger partial charge in [0.1, 0.15) is 5.75 Å². The molecule has 6 heteroatoms. The van der Waals surface area contributed by atoms with Gasteiger partial charge in [-0.3, -0.25) is 14.8 Å². The zero-order valence-electron chi connectivity index (χ0n) is 14.3. The van der Waals surface area contributed by atoms with Gasteiger partial charge in [-0.05, 0) is 63.5 Å². The molecule has 3 rings (SSSR count). The number of benzene rings is 1. The van der Waals surface area contributed by atoms with Crippen molar-refractivity contribution in [2.45, 2.75) is 13.1 Å². The lowest BCUT2D eigenvalue weighted by Crippen LogP contribution is -2.30. The van der Waals surface area contributed by atoms with Crippen molar-refractivity contribution in [1.82, 2.24) is 14.9 Å². The largest absolute Gasteiger partial charge is 0.497 e. The zero-order valence-corrected chi connectivity index (χ0v) is 15.9. The summed E-state index contributed by atoms with van der Waals surface area (Å²) in [4.78, 5) is 23.2. The van der Waals surface area contributed by atoms with E-state index < -0.39 is 0 Å². The summed E-state index contributed by atoms with van der Waals surface area (Å²) in [6.45, 7) is 0.929. The van der Waals surface area contributed by atoms with Gasteiger partial charge in [-0.25, -0.2) is 0 Å². The molecule has 0 aliphatic rings. The van der Waals surface area contributed by atoms with Gasteiger partial charge in [0.05, 0.1) is 12.7 Å². The van der Waals surface area contributed by atoms with E-state index in [0.29, 0.717) is 24.4 Å². The molecule has 0 unspecified atom stereocenters.